The number of nitrogens with one attached hydrogen (secondary N) is 1. The Bertz CT molecular complexity index is 481. The van der Waals surface area contributed by atoms with Gasteiger partial charge in [0.15, 0.2) is 0 Å². The van der Waals surface area contributed by atoms with E-state index in [0.717, 1.165) is 25.1 Å². The molecule has 1 atom stereocenters. The van der Waals surface area contributed by atoms with Gasteiger partial charge in [-0.1, -0.05) is 0 Å². The molecular weight excluding hydrogens is 268 g/mol. The lowest BCUT2D eigenvalue weighted by Crippen LogP contribution is -2.53. The molecule has 2 rings (SSSR count). The molecule has 1 aliphatic heterocycles. The number of amides is 2. The molecule has 0 aromatic carbocycles. The standard InChI is InChI=1S/C15H24N4O2/c1-11-7-8-13(18-17-11)21-12-6-5-9-19(10-12)14(20)16-15(2,3)4/h7-8,12H,5-6,9-10H2,1-4H3,(H,16,20). The first-order chi connectivity index (χ1) is 9.83. The van der Waals surface area contributed by atoms with Crippen LogP contribution in [0.25, 0.3) is 0 Å². The third-order valence-corrected chi connectivity index (χ3v) is 3.21. The van der Waals surface area contributed by atoms with Crippen LogP contribution < -0.4 is 10.1 Å². The van der Waals surface area contributed by atoms with Gasteiger partial charge < -0.3 is 15.0 Å². The van der Waals surface area contributed by atoms with Crippen molar-refractivity contribution in [2.75, 3.05) is 13.1 Å². The minimum atomic E-state index is -0.229. The van der Waals surface area contributed by atoms with Gasteiger partial charge in [-0.05, 0) is 46.6 Å². The fourth-order valence-corrected chi connectivity index (χ4v) is 2.24. The number of carbonyl (C=O) groups excluding carboxylic acids is 1. The molecule has 0 saturated carbocycles. The molecule has 1 aromatic heterocycles. The SMILES string of the molecule is Cc1ccc(OC2CCCN(C(=O)NC(C)(C)C)C2)nn1. The van der Waals surface area contributed by atoms with Crippen LogP contribution in [-0.4, -0.2) is 45.9 Å². The normalized spacial score (nSPS) is 19.2. The molecule has 116 valence electrons. The molecule has 1 saturated heterocycles. The topological polar surface area (TPSA) is 67.3 Å². The van der Waals surface area contributed by atoms with Crippen LogP contribution in [-0.2, 0) is 0 Å². The number of hydrogen-bond donors (Lipinski definition) is 1. The molecule has 2 amide bonds. The minimum Gasteiger partial charge on any atom is -0.471 e. The highest BCUT2D eigenvalue weighted by atomic mass is 16.5. The Morgan fingerprint density at radius 1 is 1.38 bits per heavy atom. The van der Waals surface area contributed by atoms with E-state index >= 15 is 0 Å². The van der Waals surface area contributed by atoms with Crippen LogP contribution in [0.3, 0.4) is 0 Å². The van der Waals surface area contributed by atoms with Gasteiger partial charge in [0.05, 0.1) is 12.2 Å². The number of nitrogens with zero attached hydrogens (tertiary/aromatic N) is 3. The summed E-state index contributed by atoms with van der Waals surface area (Å²) in [6.07, 6.45) is 1.83. The molecule has 0 radical (unpaired) electrons. The Kier molecular flexibility index (Phi) is 4.65. The second kappa shape index (κ2) is 6.28. The molecule has 0 spiro atoms. The summed E-state index contributed by atoms with van der Waals surface area (Å²) in [7, 11) is 0. The fraction of sp³-hybridized carbons (Fsp3) is 0.667. The highest BCUT2D eigenvalue weighted by molar-refractivity contribution is 5.75. The van der Waals surface area contributed by atoms with Crippen molar-refractivity contribution in [1.82, 2.24) is 20.4 Å². The highest BCUT2D eigenvalue weighted by Crippen LogP contribution is 2.17. The molecular formula is C15H24N4O2. The van der Waals surface area contributed by atoms with Crippen molar-refractivity contribution in [1.29, 1.82) is 0 Å². The van der Waals surface area contributed by atoms with Crippen LogP contribution in [0, 0.1) is 6.92 Å². The maximum Gasteiger partial charge on any atom is 0.317 e. The van der Waals surface area contributed by atoms with E-state index in [0.29, 0.717) is 12.4 Å². The van der Waals surface area contributed by atoms with Crippen molar-refractivity contribution in [2.24, 2.45) is 0 Å². The summed E-state index contributed by atoms with van der Waals surface area (Å²) < 4.78 is 5.83. The molecule has 1 N–H and O–H groups in total. The monoisotopic (exact) mass is 292 g/mol. The molecule has 6 nitrogen and oxygen atoms in total. The van der Waals surface area contributed by atoms with Crippen molar-refractivity contribution < 1.29 is 9.53 Å². The molecule has 0 aliphatic carbocycles. The van der Waals surface area contributed by atoms with E-state index in [-0.39, 0.29) is 17.7 Å². The third-order valence-electron chi connectivity index (χ3n) is 3.21. The number of rotatable bonds is 2. The largest absolute Gasteiger partial charge is 0.471 e. The summed E-state index contributed by atoms with van der Waals surface area (Å²) in [4.78, 5) is 14.0. The maximum absolute atomic E-state index is 12.2. The lowest BCUT2D eigenvalue weighted by Gasteiger charge is -2.34. The zero-order valence-electron chi connectivity index (χ0n) is 13.2. The molecule has 1 aliphatic rings. The molecule has 1 unspecified atom stereocenters. The number of hydrogen-bond acceptors (Lipinski definition) is 4. The van der Waals surface area contributed by atoms with Crippen LogP contribution in [0.15, 0.2) is 12.1 Å². The van der Waals surface area contributed by atoms with Crippen molar-refractivity contribution in [3.63, 3.8) is 0 Å². The summed E-state index contributed by atoms with van der Waals surface area (Å²) in [5, 5.41) is 11.0. The second-order valence-corrected chi connectivity index (χ2v) is 6.52. The van der Waals surface area contributed by atoms with Crippen molar-refractivity contribution in [2.45, 2.75) is 52.2 Å². The molecule has 1 fully saturated rings. The minimum absolute atomic E-state index is 0.0264. The van der Waals surface area contributed by atoms with Gasteiger partial charge in [-0.3, -0.25) is 0 Å². The molecule has 0 bridgehead atoms. The number of likely N-dealkylation sites (tertiary alicyclic amines) is 1. The third kappa shape index (κ3) is 4.88. The Hall–Kier alpha value is -1.85. The highest BCUT2D eigenvalue weighted by Gasteiger charge is 2.27. The molecule has 2 heterocycles. The van der Waals surface area contributed by atoms with Gasteiger partial charge in [-0.15, -0.1) is 5.10 Å². The quantitative estimate of drug-likeness (QED) is 0.907. The van der Waals surface area contributed by atoms with Gasteiger partial charge in [0.1, 0.15) is 6.10 Å². The Balaban J connectivity index is 1.91. The first kappa shape index (κ1) is 15.5. The van der Waals surface area contributed by atoms with E-state index in [1.807, 2.05) is 39.8 Å². The first-order valence-corrected chi connectivity index (χ1v) is 7.37. The summed E-state index contributed by atoms with van der Waals surface area (Å²) in [6.45, 7) is 9.16. The van der Waals surface area contributed by atoms with Crippen LogP contribution in [0.5, 0.6) is 5.88 Å². The fourth-order valence-electron chi connectivity index (χ4n) is 2.24. The lowest BCUT2D eigenvalue weighted by molar-refractivity contribution is 0.0945. The predicted octanol–water partition coefficient (Wildman–Crippen LogP) is 2.14. The summed E-state index contributed by atoms with van der Waals surface area (Å²) in [6, 6.07) is 3.65. The van der Waals surface area contributed by atoms with Crippen LogP contribution in [0.1, 0.15) is 39.3 Å². The van der Waals surface area contributed by atoms with Crippen LogP contribution in [0.4, 0.5) is 4.79 Å². The summed E-state index contributed by atoms with van der Waals surface area (Å²) in [5.41, 5.74) is 0.630. The van der Waals surface area contributed by atoms with E-state index in [4.69, 9.17) is 4.74 Å². The molecule has 1 aromatic rings. The van der Waals surface area contributed by atoms with Gasteiger partial charge in [0.25, 0.3) is 0 Å². The van der Waals surface area contributed by atoms with Crippen molar-refractivity contribution in [3.05, 3.63) is 17.8 Å². The van der Waals surface area contributed by atoms with E-state index in [9.17, 15) is 4.79 Å². The van der Waals surface area contributed by atoms with E-state index < -0.39 is 0 Å². The number of ether oxygens (including phenoxy) is 1. The smallest absolute Gasteiger partial charge is 0.317 e. The second-order valence-electron chi connectivity index (χ2n) is 6.52. The van der Waals surface area contributed by atoms with Gasteiger partial charge in [-0.2, -0.15) is 5.10 Å². The molecule has 6 heteroatoms. The van der Waals surface area contributed by atoms with E-state index in [1.165, 1.54) is 0 Å². The predicted molar refractivity (Wildman–Crippen MR) is 80.3 cm³/mol. The lowest BCUT2D eigenvalue weighted by atomic mass is 10.1. The zero-order chi connectivity index (χ0) is 15.5. The number of aryl methyl sites for hydroxylation is 1. The Labute approximate surface area is 125 Å². The molecule has 21 heavy (non-hydrogen) atoms. The average Bonchev–Trinajstić information content (AvgIpc) is 2.40. The first-order valence-electron chi connectivity index (χ1n) is 7.37. The van der Waals surface area contributed by atoms with Gasteiger partial charge in [0.2, 0.25) is 5.88 Å². The van der Waals surface area contributed by atoms with Crippen LogP contribution in [0.2, 0.25) is 0 Å². The summed E-state index contributed by atoms with van der Waals surface area (Å²) >= 11 is 0. The number of urea groups is 1. The van der Waals surface area contributed by atoms with E-state index in [2.05, 4.69) is 15.5 Å². The van der Waals surface area contributed by atoms with Gasteiger partial charge in [0, 0.05) is 18.2 Å². The average molecular weight is 292 g/mol. The van der Waals surface area contributed by atoms with Crippen LogP contribution >= 0.6 is 0 Å². The van der Waals surface area contributed by atoms with Crippen molar-refractivity contribution in [3.8, 4) is 5.88 Å². The number of aromatic nitrogens is 2. The Morgan fingerprint density at radius 3 is 2.76 bits per heavy atom. The zero-order valence-corrected chi connectivity index (χ0v) is 13.2. The van der Waals surface area contributed by atoms with Crippen molar-refractivity contribution >= 4 is 6.03 Å². The maximum atomic E-state index is 12.2. The van der Waals surface area contributed by atoms with E-state index in [1.54, 1.807) is 4.90 Å². The van der Waals surface area contributed by atoms with Gasteiger partial charge in [-0.25, -0.2) is 4.79 Å². The number of piperidine rings is 1. The number of carbonyl (C=O) groups is 1. The Morgan fingerprint density at radius 2 is 2.14 bits per heavy atom. The van der Waals surface area contributed by atoms with Gasteiger partial charge >= 0.3 is 6.03 Å². The summed E-state index contributed by atoms with van der Waals surface area (Å²) in [5.74, 6) is 0.517.